The second kappa shape index (κ2) is 12.7. The highest BCUT2D eigenvalue weighted by Gasteiger charge is 2.28. The molecule has 2 rings (SSSR count). The number of H-pyrrole nitrogens is 1. The Labute approximate surface area is 194 Å². The van der Waals surface area contributed by atoms with Crippen LogP contribution in [0, 0.1) is 0 Å². The lowest BCUT2D eigenvalue weighted by molar-refractivity contribution is -0.142. The summed E-state index contributed by atoms with van der Waals surface area (Å²) in [5.41, 5.74) is 6.64. The first-order valence-corrected chi connectivity index (χ1v) is 10.2. The average Bonchev–Trinajstić information content (AvgIpc) is 3.29. The minimum absolute atomic E-state index is 0.0261. The molecule has 1 heterocycles. The van der Waals surface area contributed by atoms with Crippen molar-refractivity contribution in [3.05, 3.63) is 54.1 Å². The largest absolute Gasteiger partial charge is 0.481 e. The monoisotopic (exact) mass is 474 g/mol. The number of nitrogens with two attached hydrogens (primary N) is 1. The van der Waals surface area contributed by atoms with Crippen LogP contribution in [-0.4, -0.2) is 74.5 Å². The third kappa shape index (κ3) is 8.70. The van der Waals surface area contributed by atoms with Gasteiger partial charge in [0, 0.05) is 24.7 Å². The van der Waals surface area contributed by atoms with Gasteiger partial charge in [-0.2, -0.15) is 0 Å². The summed E-state index contributed by atoms with van der Waals surface area (Å²) < 4.78 is 0. The standard InChI is InChI=1S/C21H26N6O7/c22-14(8-18(29)30)19(31)24-10-17(28)26-15(7-13-9-23-11-25-13)20(32)27-16(21(33)34)6-12-4-2-1-3-5-12/h1-5,9,11,14-16H,6-8,10,22H2,(H,23,25)(H,24,31)(H,26,28)(H,27,32)(H,29,30)(H,33,34). The highest BCUT2D eigenvalue weighted by atomic mass is 16.4. The van der Waals surface area contributed by atoms with Crippen LogP contribution in [0.1, 0.15) is 17.7 Å². The SMILES string of the molecule is NC(CC(=O)O)C(=O)NCC(=O)NC(Cc1cnc[nH]1)C(=O)NC(Cc1ccccc1)C(=O)O. The highest BCUT2D eigenvalue weighted by Crippen LogP contribution is 2.05. The number of aromatic amines is 1. The van der Waals surface area contributed by atoms with Gasteiger partial charge >= 0.3 is 11.9 Å². The molecule has 0 fully saturated rings. The Hall–Kier alpha value is -4.26. The second-order valence-electron chi connectivity index (χ2n) is 7.41. The molecule has 0 bridgehead atoms. The molecule has 13 nitrogen and oxygen atoms in total. The highest BCUT2D eigenvalue weighted by molar-refractivity contribution is 5.93. The van der Waals surface area contributed by atoms with E-state index in [4.69, 9.17) is 10.8 Å². The summed E-state index contributed by atoms with van der Waals surface area (Å²) in [7, 11) is 0. The molecule has 3 amide bonds. The van der Waals surface area contributed by atoms with Gasteiger partial charge in [-0.1, -0.05) is 30.3 Å². The third-order valence-corrected chi connectivity index (χ3v) is 4.68. The van der Waals surface area contributed by atoms with Crippen molar-refractivity contribution in [2.24, 2.45) is 5.73 Å². The number of aliphatic carboxylic acids is 2. The van der Waals surface area contributed by atoms with Gasteiger partial charge in [-0.25, -0.2) is 9.78 Å². The molecule has 0 saturated carbocycles. The Balaban J connectivity index is 2.03. The van der Waals surface area contributed by atoms with Crippen molar-refractivity contribution in [2.75, 3.05) is 6.54 Å². The zero-order chi connectivity index (χ0) is 25.1. The minimum Gasteiger partial charge on any atom is -0.481 e. The maximum atomic E-state index is 12.9. The molecule has 8 N–H and O–H groups in total. The molecule has 0 aliphatic carbocycles. The number of carbonyl (C=O) groups is 5. The Morgan fingerprint density at radius 1 is 0.971 bits per heavy atom. The summed E-state index contributed by atoms with van der Waals surface area (Å²) in [6.07, 6.45) is 2.21. The van der Waals surface area contributed by atoms with E-state index in [1.165, 1.54) is 12.5 Å². The molecule has 1 aromatic carbocycles. The van der Waals surface area contributed by atoms with Crippen molar-refractivity contribution in [1.82, 2.24) is 25.9 Å². The molecule has 0 radical (unpaired) electrons. The van der Waals surface area contributed by atoms with Gasteiger partial charge in [-0.15, -0.1) is 0 Å². The van der Waals surface area contributed by atoms with Gasteiger partial charge in [-0.05, 0) is 5.56 Å². The van der Waals surface area contributed by atoms with Crippen LogP contribution in [-0.2, 0) is 36.8 Å². The number of hydrogen-bond acceptors (Lipinski definition) is 7. The first kappa shape index (κ1) is 26.0. The molecule has 182 valence electrons. The van der Waals surface area contributed by atoms with Crippen LogP contribution in [0.15, 0.2) is 42.9 Å². The quantitative estimate of drug-likeness (QED) is 0.173. The molecule has 3 unspecified atom stereocenters. The molecule has 3 atom stereocenters. The Morgan fingerprint density at radius 2 is 1.68 bits per heavy atom. The van der Waals surface area contributed by atoms with Crippen molar-refractivity contribution in [3.8, 4) is 0 Å². The summed E-state index contributed by atoms with van der Waals surface area (Å²) in [5, 5.41) is 25.3. The smallest absolute Gasteiger partial charge is 0.326 e. The number of rotatable bonds is 13. The van der Waals surface area contributed by atoms with E-state index in [2.05, 4.69) is 25.9 Å². The molecule has 1 aromatic heterocycles. The number of imidazole rings is 1. The summed E-state index contributed by atoms with van der Waals surface area (Å²) in [6.45, 7) is -0.564. The van der Waals surface area contributed by atoms with Crippen molar-refractivity contribution in [3.63, 3.8) is 0 Å². The van der Waals surface area contributed by atoms with Gasteiger partial charge in [0.25, 0.3) is 0 Å². The number of carbonyl (C=O) groups excluding carboxylic acids is 3. The first-order valence-electron chi connectivity index (χ1n) is 10.2. The van der Waals surface area contributed by atoms with E-state index in [0.717, 1.165) is 0 Å². The molecular formula is C21H26N6O7. The van der Waals surface area contributed by atoms with Crippen molar-refractivity contribution in [1.29, 1.82) is 0 Å². The molecule has 2 aromatic rings. The van der Waals surface area contributed by atoms with E-state index in [1.807, 2.05) is 0 Å². The van der Waals surface area contributed by atoms with Crippen LogP contribution >= 0.6 is 0 Å². The number of aromatic nitrogens is 2. The van der Waals surface area contributed by atoms with Crippen LogP contribution in [0.2, 0.25) is 0 Å². The predicted molar refractivity (Wildman–Crippen MR) is 117 cm³/mol. The molecule has 13 heteroatoms. The number of nitrogens with one attached hydrogen (secondary N) is 4. The van der Waals surface area contributed by atoms with E-state index in [-0.39, 0.29) is 12.8 Å². The number of nitrogens with zero attached hydrogens (tertiary/aromatic N) is 1. The molecular weight excluding hydrogens is 448 g/mol. The Morgan fingerprint density at radius 3 is 2.26 bits per heavy atom. The van der Waals surface area contributed by atoms with Gasteiger partial charge in [0.05, 0.1) is 25.3 Å². The fourth-order valence-electron chi connectivity index (χ4n) is 2.97. The maximum absolute atomic E-state index is 12.9. The molecule has 0 aliphatic heterocycles. The Bertz CT molecular complexity index is 996. The lowest BCUT2D eigenvalue weighted by Gasteiger charge is -2.21. The number of carboxylic acids is 2. The topological polar surface area (TPSA) is 217 Å². The lowest BCUT2D eigenvalue weighted by atomic mass is 10.0. The first-order chi connectivity index (χ1) is 16.2. The molecule has 34 heavy (non-hydrogen) atoms. The van der Waals surface area contributed by atoms with Gasteiger partial charge in [0.2, 0.25) is 17.7 Å². The number of carboxylic acid groups (broad SMARTS) is 2. The van der Waals surface area contributed by atoms with E-state index in [0.29, 0.717) is 11.3 Å². The van der Waals surface area contributed by atoms with Gasteiger partial charge in [0.1, 0.15) is 12.1 Å². The fourth-order valence-corrected chi connectivity index (χ4v) is 2.97. The predicted octanol–water partition coefficient (Wildman–Crippen LogP) is -1.83. The summed E-state index contributed by atoms with van der Waals surface area (Å²) in [4.78, 5) is 66.0. The third-order valence-electron chi connectivity index (χ3n) is 4.68. The number of amides is 3. The molecule has 0 aliphatic rings. The average molecular weight is 474 g/mol. The Kier molecular flexibility index (Phi) is 9.71. The fraction of sp³-hybridized carbons (Fsp3) is 0.333. The van der Waals surface area contributed by atoms with Crippen LogP contribution in [0.5, 0.6) is 0 Å². The van der Waals surface area contributed by atoms with E-state index < -0.39 is 60.8 Å². The van der Waals surface area contributed by atoms with Crippen LogP contribution < -0.4 is 21.7 Å². The number of benzene rings is 1. The van der Waals surface area contributed by atoms with Crippen LogP contribution in [0.3, 0.4) is 0 Å². The molecule has 0 saturated heterocycles. The minimum atomic E-state index is -1.34. The summed E-state index contributed by atoms with van der Waals surface area (Å²) in [6, 6.07) is 4.94. The van der Waals surface area contributed by atoms with E-state index >= 15 is 0 Å². The van der Waals surface area contributed by atoms with Crippen LogP contribution in [0.25, 0.3) is 0 Å². The van der Waals surface area contributed by atoms with Crippen LogP contribution in [0.4, 0.5) is 0 Å². The van der Waals surface area contributed by atoms with Gasteiger partial charge in [0.15, 0.2) is 0 Å². The molecule has 0 spiro atoms. The maximum Gasteiger partial charge on any atom is 0.326 e. The number of hydrogen-bond donors (Lipinski definition) is 7. The van der Waals surface area contributed by atoms with E-state index in [9.17, 15) is 29.1 Å². The van der Waals surface area contributed by atoms with E-state index in [1.54, 1.807) is 30.3 Å². The summed E-state index contributed by atoms with van der Waals surface area (Å²) >= 11 is 0. The zero-order valence-corrected chi connectivity index (χ0v) is 18.1. The van der Waals surface area contributed by atoms with Gasteiger partial charge < -0.3 is 36.9 Å². The normalized spacial score (nSPS) is 13.2. The second-order valence-corrected chi connectivity index (χ2v) is 7.41. The van der Waals surface area contributed by atoms with Crippen molar-refractivity contribution >= 4 is 29.7 Å². The van der Waals surface area contributed by atoms with Crippen molar-refractivity contribution < 1.29 is 34.2 Å². The van der Waals surface area contributed by atoms with Crippen molar-refractivity contribution in [2.45, 2.75) is 37.4 Å². The lowest BCUT2D eigenvalue weighted by Crippen LogP contribution is -2.55. The zero-order valence-electron chi connectivity index (χ0n) is 18.1. The van der Waals surface area contributed by atoms with Gasteiger partial charge in [-0.3, -0.25) is 19.2 Å². The summed E-state index contributed by atoms with van der Waals surface area (Å²) in [5.74, 6) is -4.87.